The van der Waals surface area contributed by atoms with Gasteiger partial charge in [0.15, 0.2) is 11.6 Å². The maximum Gasteiger partial charge on any atom is 0.221 e. The fourth-order valence-electron chi connectivity index (χ4n) is 9.82. The second-order valence-corrected chi connectivity index (χ2v) is 20.9. The van der Waals surface area contributed by atoms with Crippen LogP contribution >= 0.6 is 12.4 Å². The van der Waals surface area contributed by atoms with Gasteiger partial charge in [0.1, 0.15) is 11.4 Å². The standard InChI is InChI=1S/C33H36N4O2.C32H35N5O2.ClH/c1-4-24-7-6-10-30(19-24)37-31(17-22(2)36-37)32(39)20-26-8-5-9-28(18-26)33(34-21-25-11-12-25)27-13-15-29(16-14-27)35-23(3)38;1-21-15-30(37(36-21)29-8-4-6-25(17-29)19-33)31(39)18-24-5-3-7-27(16-24)32(34-20-23-9-10-23)26-11-13-28(14-12-26)35-22(2)38;/h5-10,13-19,25,33-34H,4,11-12,20-21H2,1-3H3,(H,35,38);3-8,11-17,23,32,34H,9-10,18-20,33H2,1-2H3,(H,35,38);1H. The van der Waals surface area contributed by atoms with E-state index in [0.29, 0.717) is 24.4 Å². The summed E-state index contributed by atoms with van der Waals surface area (Å²) in [7, 11) is 0. The number of halogens is 1. The van der Waals surface area contributed by atoms with Gasteiger partial charge in [0.05, 0.1) is 34.8 Å². The van der Waals surface area contributed by atoms with Gasteiger partial charge in [0.2, 0.25) is 11.8 Å². The highest BCUT2D eigenvalue weighted by molar-refractivity contribution is 5.97. The first-order valence-corrected chi connectivity index (χ1v) is 27.3. The second kappa shape index (κ2) is 26.7. The normalized spacial score (nSPS) is 13.5. The number of Topliss-reactive ketones (excluding diaryl/α,β-unsaturated/α-hetero) is 2. The summed E-state index contributed by atoms with van der Waals surface area (Å²) in [4.78, 5) is 50.0. The largest absolute Gasteiger partial charge is 0.326 e. The average Bonchev–Trinajstić information content (AvgIpc) is 4.38. The van der Waals surface area contributed by atoms with Crippen molar-refractivity contribution in [2.24, 2.45) is 17.6 Å². The number of anilines is 2. The lowest BCUT2D eigenvalue weighted by Gasteiger charge is -2.21. The summed E-state index contributed by atoms with van der Waals surface area (Å²) >= 11 is 0. The van der Waals surface area contributed by atoms with Crippen molar-refractivity contribution >= 4 is 47.2 Å². The molecule has 2 fully saturated rings. The quantitative estimate of drug-likeness (QED) is 0.0413. The smallest absolute Gasteiger partial charge is 0.221 e. The highest BCUT2D eigenvalue weighted by atomic mass is 35.5. The Hall–Kier alpha value is -7.81. The average molecular weight is 1080 g/mol. The number of carbonyl (C=O) groups is 4. The van der Waals surface area contributed by atoms with Crippen LogP contribution in [0.5, 0.6) is 0 Å². The minimum atomic E-state index is -0.0906. The molecule has 2 aliphatic carbocycles. The Labute approximate surface area is 470 Å². The number of nitrogens with one attached hydrogen (secondary N) is 4. The lowest BCUT2D eigenvalue weighted by atomic mass is 9.95. The van der Waals surface area contributed by atoms with Crippen LogP contribution in [-0.4, -0.2) is 56.0 Å². The van der Waals surface area contributed by atoms with Crippen molar-refractivity contribution in [2.45, 2.75) is 98.2 Å². The number of nitrogens with two attached hydrogens (primary N) is 1. The highest BCUT2D eigenvalue weighted by Crippen LogP contribution is 2.33. The van der Waals surface area contributed by atoms with E-state index in [-0.39, 0.29) is 54.3 Å². The van der Waals surface area contributed by atoms with Crippen LogP contribution in [0, 0.1) is 25.7 Å². The number of rotatable bonds is 22. The van der Waals surface area contributed by atoms with Crippen LogP contribution in [0.1, 0.15) is 135 Å². The number of benzene rings is 6. The number of aryl methyl sites for hydroxylation is 3. The van der Waals surface area contributed by atoms with Crippen LogP contribution in [0.15, 0.2) is 158 Å². The molecule has 6 N–H and O–H groups in total. The van der Waals surface area contributed by atoms with Gasteiger partial charge in [-0.3, -0.25) is 19.2 Å². The summed E-state index contributed by atoms with van der Waals surface area (Å²) in [6, 6.07) is 52.2. The van der Waals surface area contributed by atoms with Crippen LogP contribution in [-0.2, 0) is 35.4 Å². The molecule has 0 radical (unpaired) electrons. The lowest BCUT2D eigenvalue weighted by Crippen LogP contribution is -2.25. The Balaban J connectivity index is 0.000000205. The number of amides is 2. The summed E-state index contributed by atoms with van der Waals surface area (Å²) < 4.78 is 3.49. The lowest BCUT2D eigenvalue weighted by molar-refractivity contribution is -0.115. The number of hydrogen-bond donors (Lipinski definition) is 5. The van der Waals surface area contributed by atoms with Gasteiger partial charge in [-0.25, -0.2) is 9.36 Å². The molecule has 0 saturated heterocycles. The molecular formula is C65H72ClN9O4. The molecule has 408 valence electrons. The molecule has 79 heavy (non-hydrogen) atoms. The van der Waals surface area contributed by atoms with E-state index in [1.54, 1.807) is 9.36 Å². The van der Waals surface area contributed by atoms with Crippen LogP contribution in [0.4, 0.5) is 11.4 Å². The number of ketones is 2. The van der Waals surface area contributed by atoms with E-state index in [9.17, 15) is 19.2 Å². The van der Waals surface area contributed by atoms with Gasteiger partial charge >= 0.3 is 0 Å². The van der Waals surface area contributed by atoms with Gasteiger partial charge in [0, 0.05) is 44.6 Å². The van der Waals surface area contributed by atoms with Gasteiger partial charge in [-0.15, -0.1) is 12.4 Å². The zero-order valence-electron chi connectivity index (χ0n) is 45.8. The van der Waals surface area contributed by atoms with Gasteiger partial charge in [0.25, 0.3) is 0 Å². The third kappa shape index (κ3) is 15.7. The predicted molar refractivity (Wildman–Crippen MR) is 317 cm³/mol. The molecule has 2 aliphatic rings. The maximum absolute atomic E-state index is 13.6. The highest BCUT2D eigenvalue weighted by Gasteiger charge is 2.26. The van der Waals surface area contributed by atoms with Crippen molar-refractivity contribution in [3.8, 4) is 11.4 Å². The van der Waals surface area contributed by atoms with Crippen molar-refractivity contribution < 1.29 is 19.2 Å². The molecule has 2 heterocycles. The fraction of sp³-hybridized carbons (Fsp3) is 0.292. The number of nitrogens with zero attached hydrogens (tertiary/aromatic N) is 4. The van der Waals surface area contributed by atoms with E-state index < -0.39 is 0 Å². The van der Waals surface area contributed by atoms with E-state index in [0.717, 1.165) is 104 Å². The molecular weight excluding hydrogens is 1010 g/mol. The van der Waals surface area contributed by atoms with E-state index in [1.165, 1.54) is 45.1 Å². The summed E-state index contributed by atoms with van der Waals surface area (Å²) in [6.07, 6.45) is 6.55. The monoisotopic (exact) mass is 1080 g/mol. The summed E-state index contributed by atoms with van der Waals surface area (Å²) in [5.41, 5.74) is 20.5. The Kier molecular flexibility index (Phi) is 19.4. The van der Waals surface area contributed by atoms with Crippen molar-refractivity contribution in [1.29, 1.82) is 0 Å². The van der Waals surface area contributed by atoms with Crippen LogP contribution in [0.3, 0.4) is 0 Å². The SMILES string of the molecule is CC(=O)Nc1ccc(C(NCC2CC2)c2cccc(CC(=O)c3cc(C)nn3-c3cccc(CN)c3)c2)cc1.CCc1cccc(-n2nc(C)cc2C(=O)Cc2cccc(C(NCC3CC3)c3ccc(NC(C)=O)cc3)c2)c1.Cl. The Morgan fingerprint density at radius 2 is 0.911 bits per heavy atom. The van der Waals surface area contributed by atoms with Gasteiger partial charge in [-0.1, -0.05) is 104 Å². The minimum absolute atomic E-state index is 0. The molecule has 10 rings (SSSR count). The topological polar surface area (TPSA) is 178 Å². The molecule has 0 aliphatic heterocycles. The third-order valence-corrected chi connectivity index (χ3v) is 14.2. The van der Waals surface area contributed by atoms with Crippen molar-refractivity contribution in [3.63, 3.8) is 0 Å². The molecule has 2 amide bonds. The molecule has 13 nitrogen and oxygen atoms in total. The zero-order chi connectivity index (χ0) is 54.7. The first-order chi connectivity index (χ1) is 37.8. The number of hydrogen-bond acceptors (Lipinski definition) is 9. The second-order valence-electron chi connectivity index (χ2n) is 20.9. The Bertz CT molecular complexity index is 3170. The summed E-state index contributed by atoms with van der Waals surface area (Å²) in [5, 5.41) is 22.4. The van der Waals surface area contributed by atoms with Crippen molar-refractivity contribution in [2.75, 3.05) is 23.7 Å². The van der Waals surface area contributed by atoms with Gasteiger partial charge < -0.3 is 27.0 Å². The molecule has 2 saturated carbocycles. The summed E-state index contributed by atoms with van der Waals surface area (Å²) in [5.74, 6) is 1.32. The number of carbonyl (C=O) groups excluding carboxylic acids is 4. The minimum Gasteiger partial charge on any atom is -0.326 e. The van der Waals surface area contributed by atoms with Crippen LogP contribution in [0.2, 0.25) is 0 Å². The van der Waals surface area contributed by atoms with E-state index in [2.05, 4.69) is 86.9 Å². The van der Waals surface area contributed by atoms with Gasteiger partial charge in [-0.05, 0) is 176 Å². The van der Waals surface area contributed by atoms with E-state index >= 15 is 0 Å². The first-order valence-electron chi connectivity index (χ1n) is 27.3. The molecule has 14 heteroatoms. The summed E-state index contributed by atoms with van der Waals surface area (Å²) in [6.45, 7) is 11.3. The Morgan fingerprint density at radius 3 is 1.30 bits per heavy atom. The third-order valence-electron chi connectivity index (χ3n) is 14.2. The zero-order valence-corrected chi connectivity index (χ0v) is 46.6. The Morgan fingerprint density at radius 1 is 0.519 bits per heavy atom. The predicted octanol–water partition coefficient (Wildman–Crippen LogP) is 11.7. The van der Waals surface area contributed by atoms with Crippen LogP contribution in [0.25, 0.3) is 11.4 Å². The molecule has 8 aromatic rings. The fourth-order valence-corrected chi connectivity index (χ4v) is 9.82. The molecule has 2 unspecified atom stereocenters. The van der Waals surface area contributed by atoms with Gasteiger partial charge in [-0.2, -0.15) is 10.2 Å². The maximum atomic E-state index is 13.6. The van der Waals surface area contributed by atoms with E-state index in [1.807, 2.05) is 123 Å². The first kappa shape index (κ1) is 57.4. The molecule has 0 bridgehead atoms. The van der Waals surface area contributed by atoms with E-state index in [4.69, 9.17) is 5.73 Å². The molecule has 2 aromatic heterocycles. The molecule has 2 atom stereocenters. The van der Waals surface area contributed by atoms with Crippen LogP contribution < -0.4 is 27.0 Å². The number of aromatic nitrogens is 4. The molecule has 6 aromatic carbocycles. The van der Waals surface area contributed by atoms with Crippen molar-refractivity contribution in [1.82, 2.24) is 30.2 Å². The van der Waals surface area contributed by atoms with Crippen molar-refractivity contribution in [3.05, 3.63) is 225 Å². The molecule has 0 spiro atoms.